The number of carbonyl (C=O) groups is 1. The van der Waals surface area contributed by atoms with Crippen molar-refractivity contribution in [3.8, 4) is 0 Å². The molecule has 28 heavy (non-hydrogen) atoms. The molecule has 3 fully saturated rings. The Labute approximate surface area is 162 Å². The molecule has 11 heteroatoms. The maximum Gasteiger partial charge on any atom is 0.364 e. The smallest absolute Gasteiger partial charge is 0.364 e. The van der Waals surface area contributed by atoms with E-state index in [1.165, 1.54) is 7.05 Å². The van der Waals surface area contributed by atoms with Gasteiger partial charge in [0.1, 0.15) is 12.7 Å². The average molecular weight is 412 g/mol. The van der Waals surface area contributed by atoms with Gasteiger partial charge in [-0.2, -0.15) is 8.42 Å². The van der Waals surface area contributed by atoms with Crippen LogP contribution in [0.4, 0.5) is 0 Å². The van der Waals surface area contributed by atoms with Crippen LogP contribution in [-0.4, -0.2) is 68.1 Å². The Bertz CT molecular complexity index is 918. The van der Waals surface area contributed by atoms with Crippen LogP contribution >= 0.6 is 0 Å². The molecule has 152 valence electrons. The van der Waals surface area contributed by atoms with Gasteiger partial charge in [0.2, 0.25) is 5.60 Å². The number of nitrogens with one attached hydrogen (secondary N) is 1. The van der Waals surface area contributed by atoms with Crippen LogP contribution in [0.1, 0.15) is 24.2 Å². The van der Waals surface area contributed by atoms with E-state index in [1.807, 2.05) is 0 Å². The molecule has 0 radical (unpaired) electrons. The summed E-state index contributed by atoms with van der Waals surface area (Å²) in [4.78, 5) is 12.3. The lowest BCUT2D eigenvalue weighted by atomic mass is 9.91. The molecule has 4 rings (SSSR count). The maximum atomic E-state index is 12.3. The summed E-state index contributed by atoms with van der Waals surface area (Å²) < 4.78 is 53.2. The highest BCUT2D eigenvalue weighted by molar-refractivity contribution is 7.85. The van der Waals surface area contributed by atoms with Gasteiger partial charge in [-0.15, -0.1) is 0 Å². The number of rotatable bonds is 3. The number of fused-ring (bicyclic) bond motifs is 2. The number of hydrogen-bond donors (Lipinski definition) is 1. The molecule has 3 heterocycles. The Morgan fingerprint density at radius 2 is 1.93 bits per heavy atom. The van der Waals surface area contributed by atoms with Gasteiger partial charge < -0.3 is 18.9 Å². The SMILES string of the molecule is CN1C(=N)[C@@]2(OS1(=O)=O)[C@@H](COC(=O)c1ccccc1)O[C@@H]1OC(C)(C)O[C@@H]12. The maximum absolute atomic E-state index is 12.3. The fourth-order valence-electron chi connectivity index (χ4n) is 3.55. The molecule has 0 unspecified atom stereocenters. The molecule has 3 aliphatic rings. The number of amidine groups is 1. The van der Waals surface area contributed by atoms with E-state index < -0.39 is 46.2 Å². The molecule has 0 aromatic heterocycles. The van der Waals surface area contributed by atoms with Gasteiger partial charge in [-0.1, -0.05) is 18.2 Å². The van der Waals surface area contributed by atoms with Crippen molar-refractivity contribution in [1.82, 2.24) is 4.31 Å². The highest BCUT2D eigenvalue weighted by Crippen LogP contribution is 2.49. The van der Waals surface area contributed by atoms with Crippen LogP contribution < -0.4 is 0 Å². The standard InChI is InChI=1S/C17H20N2O8S/c1-16(2)25-12-14(26-16)24-11(9-23-13(20)10-7-5-4-6-8-10)17(12)15(18)19(3)28(21,22)27-17/h4-8,11-12,14,18H,9H2,1-3H3/t11-,12+,14-,17-/m1/s1. The second kappa shape index (κ2) is 6.22. The van der Waals surface area contributed by atoms with Gasteiger partial charge in [-0.3, -0.25) is 5.41 Å². The zero-order chi connectivity index (χ0) is 20.3. The molecule has 0 saturated carbocycles. The molecule has 3 saturated heterocycles. The van der Waals surface area contributed by atoms with Crippen molar-refractivity contribution in [2.45, 2.75) is 43.7 Å². The second-order valence-electron chi connectivity index (χ2n) is 7.16. The molecule has 3 aliphatic heterocycles. The van der Waals surface area contributed by atoms with Crippen LogP contribution in [0.25, 0.3) is 0 Å². The fraction of sp³-hybridized carbons (Fsp3) is 0.529. The summed E-state index contributed by atoms with van der Waals surface area (Å²) in [5.41, 5.74) is -1.49. The van der Waals surface area contributed by atoms with Crippen LogP contribution in [0.3, 0.4) is 0 Å². The van der Waals surface area contributed by atoms with Gasteiger partial charge in [0.25, 0.3) is 0 Å². The van der Waals surface area contributed by atoms with E-state index in [2.05, 4.69) is 0 Å². The van der Waals surface area contributed by atoms with Crippen molar-refractivity contribution < 1.29 is 36.3 Å². The van der Waals surface area contributed by atoms with E-state index in [0.29, 0.717) is 9.87 Å². The number of carbonyl (C=O) groups excluding carboxylic acids is 1. The van der Waals surface area contributed by atoms with Crippen molar-refractivity contribution in [3.05, 3.63) is 35.9 Å². The first kappa shape index (κ1) is 19.3. The Morgan fingerprint density at radius 1 is 1.25 bits per heavy atom. The Hall–Kier alpha value is -2.05. The van der Waals surface area contributed by atoms with E-state index in [1.54, 1.807) is 44.2 Å². The molecular formula is C17H20N2O8S. The Balaban J connectivity index is 1.62. The third-order valence-electron chi connectivity index (χ3n) is 4.90. The molecule has 0 bridgehead atoms. The van der Waals surface area contributed by atoms with Crippen molar-refractivity contribution in [1.29, 1.82) is 5.41 Å². The third kappa shape index (κ3) is 2.81. The van der Waals surface area contributed by atoms with Crippen LogP contribution in [0.2, 0.25) is 0 Å². The lowest BCUT2D eigenvalue weighted by Crippen LogP contribution is -2.56. The first-order valence-corrected chi connectivity index (χ1v) is 9.95. The summed E-state index contributed by atoms with van der Waals surface area (Å²) in [5.74, 6) is -2.04. The molecule has 1 aromatic carbocycles. The predicted molar refractivity (Wildman–Crippen MR) is 93.6 cm³/mol. The summed E-state index contributed by atoms with van der Waals surface area (Å²) >= 11 is 0. The molecular weight excluding hydrogens is 392 g/mol. The first-order valence-electron chi connectivity index (χ1n) is 8.59. The lowest BCUT2D eigenvalue weighted by Gasteiger charge is -2.31. The van der Waals surface area contributed by atoms with Crippen LogP contribution in [0.15, 0.2) is 30.3 Å². The van der Waals surface area contributed by atoms with Crippen molar-refractivity contribution in [2.75, 3.05) is 13.7 Å². The largest absolute Gasteiger partial charge is 0.459 e. The monoisotopic (exact) mass is 412 g/mol. The molecule has 10 nitrogen and oxygen atoms in total. The van der Waals surface area contributed by atoms with Gasteiger partial charge >= 0.3 is 16.3 Å². The molecule has 0 aliphatic carbocycles. The molecule has 4 atom stereocenters. The number of hydrogen-bond acceptors (Lipinski definition) is 9. The van der Waals surface area contributed by atoms with Crippen LogP contribution in [0, 0.1) is 5.41 Å². The number of benzene rings is 1. The van der Waals surface area contributed by atoms with Gasteiger partial charge in [-0.25, -0.2) is 13.3 Å². The lowest BCUT2D eigenvalue weighted by molar-refractivity contribution is -0.221. The topological polar surface area (TPSA) is 124 Å². The molecule has 1 N–H and O–H groups in total. The van der Waals surface area contributed by atoms with Gasteiger partial charge in [0.15, 0.2) is 24.0 Å². The van der Waals surface area contributed by atoms with Crippen LogP contribution in [-0.2, 0) is 33.4 Å². The zero-order valence-electron chi connectivity index (χ0n) is 15.4. The predicted octanol–water partition coefficient (Wildman–Crippen LogP) is 0.643. The minimum atomic E-state index is -4.21. The highest BCUT2D eigenvalue weighted by atomic mass is 32.2. The highest BCUT2D eigenvalue weighted by Gasteiger charge is 2.73. The quantitative estimate of drug-likeness (QED) is 0.718. The normalized spacial score (nSPS) is 35.3. The van der Waals surface area contributed by atoms with E-state index in [4.69, 9.17) is 28.5 Å². The van der Waals surface area contributed by atoms with Crippen molar-refractivity contribution in [3.63, 3.8) is 0 Å². The molecule has 1 aromatic rings. The number of esters is 1. The number of ether oxygens (including phenoxy) is 4. The van der Waals surface area contributed by atoms with Crippen LogP contribution in [0.5, 0.6) is 0 Å². The Morgan fingerprint density at radius 3 is 2.54 bits per heavy atom. The minimum Gasteiger partial charge on any atom is -0.459 e. The summed E-state index contributed by atoms with van der Waals surface area (Å²) in [6.07, 6.45) is -3.11. The average Bonchev–Trinajstić information content (AvgIpc) is 3.15. The summed E-state index contributed by atoms with van der Waals surface area (Å²) in [7, 11) is -3.01. The fourth-order valence-corrected chi connectivity index (χ4v) is 4.66. The summed E-state index contributed by atoms with van der Waals surface area (Å²) in [6, 6.07) is 8.32. The summed E-state index contributed by atoms with van der Waals surface area (Å²) in [6.45, 7) is 2.94. The van der Waals surface area contributed by atoms with E-state index in [9.17, 15) is 13.2 Å². The van der Waals surface area contributed by atoms with E-state index >= 15 is 0 Å². The molecule has 0 amide bonds. The summed E-state index contributed by atoms with van der Waals surface area (Å²) in [5, 5.41) is 8.38. The zero-order valence-corrected chi connectivity index (χ0v) is 16.3. The van der Waals surface area contributed by atoms with Crippen molar-refractivity contribution >= 4 is 22.1 Å². The van der Waals surface area contributed by atoms with Gasteiger partial charge in [0.05, 0.1) is 5.56 Å². The minimum absolute atomic E-state index is 0.329. The van der Waals surface area contributed by atoms with E-state index in [-0.39, 0.29) is 12.4 Å². The number of likely N-dealkylation sites (N-methyl/N-ethyl adjacent to an activating group) is 1. The number of nitrogens with zero attached hydrogens (tertiary/aromatic N) is 1. The van der Waals surface area contributed by atoms with Crippen molar-refractivity contribution in [2.24, 2.45) is 0 Å². The second-order valence-corrected chi connectivity index (χ2v) is 8.73. The Kier molecular flexibility index (Phi) is 4.28. The van der Waals surface area contributed by atoms with Gasteiger partial charge in [-0.05, 0) is 26.0 Å². The first-order chi connectivity index (χ1) is 13.1. The third-order valence-corrected chi connectivity index (χ3v) is 6.24. The van der Waals surface area contributed by atoms with E-state index in [0.717, 1.165) is 0 Å². The van der Waals surface area contributed by atoms with Gasteiger partial charge in [0, 0.05) is 7.05 Å². The molecule has 1 spiro atoms.